The molecule has 30 heavy (non-hydrogen) atoms. The van der Waals surface area contributed by atoms with Crippen molar-refractivity contribution >= 4 is 27.5 Å². The van der Waals surface area contributed by atoms with Crippen LogP contribution >= 0.6 is 0 Å². The third-order valence-electron chi connectivity index (χ3n) is 6.22. The molecule has 4 rings (SSSR count). The van der Waals surface area contributed by atoms with Crippen LogP contribution in [0.25, 0.3) is 0 Å². The smallest absolute Gasteiger partial charge is 0.359 e. The number of anilines is 1. The molecule has 3 heterocycles. The van der Waals surface area contributed by atoms with Crippen LogP contribution in [0.2, 0.25) is 0 Å². The number of hydrogen-bond acceptors (Lipinski definition) is 8. The molecule has 10 heteroatoms. The topological polar surface area (TPSA) is 110 Å². The zero-order valence-electron chi connectivity index (χ0n) is 17.0. The van der Waals surface area contributed by atoms with E-state index in [0.717, 1.165) is 57.4 Å². The van der Waals surface area contributed by atoms with E-state index in [-0.39, 0.29) is 35.2 Å². The van der Waals surface area contributed by atoms with Gasteiger partial charge in [0.05, 0.1) is 11.5 Å². The highest BCUT2D eigenvalue weighted by molar-refractivity contribution is 7.91. The lowest BCUT2D eigenvalue weighted by molar-refractivity contribution is -0.139. The second kappa shape index (κ2) is 8.87. The molecule has 1 amide bonds. The average Bonchev–Trinajstić information content (AvgIpc) is 3.49. The Labute approximate surface area is 176 Å². The molecule has 3 aliphatic rings. The fourth-order valence-electron chi connectivity index (χ4n) is 4.71. The molecule has 1 aromatic rings. The predicted molar refractivity (Wildman–Crippen MR) is 110 cm³/mol. The Morgan fingerprint density at radius 3 is 2.37 bits per heavy atom. The van der Waals surface area contributed by atoms with Gasteiger partial charge >= 0.3 is 5.97 Å². The van der Waals surface area contributed by atoms with Gasteiger partial charge in [-0.05, 0) is 44.2 Å². The van der Waals surface area contributed by atoms with Gasteiger partial charge in [0.25, 0.3) is 5.91 Å². The van der Waals surface area contributed by atoms with Crippen molar-refractivity contribution in [3.8, 4) is 0 Å². The summed E-state index contributed by atoms with van der Waals surface area (Å²) in [4.78, 5) is 29.0. The minimum absolute atomic E-state index is 0.00732. The van der Waals surface area contributed by atoms with Crippen molar-refractivity contribution in [1.82, 2.24) is 15.1 Å². The average molecular weight is 437 g/mol. The molecule has 0 spiro atoms. The SMILES string of the molecule is O=C(OCC(=O)N(C1CCCC1)C1CCS(=O)(=O)C1)c1ccc(N2CCCC2)nn1. The quantitative estimate of drug-likeness (QED) is 0.612. The van der Waals surface area contributed by atoms with Gasteiger partial charge in [-0.25, -0.2) is 13.2 Å². The molecule has 1 atom stereocenters. The van der Waals surface area contributed by atoms with Crippen molar-refractivity contribution in [2.24, 2.45) is 0 Å². The third-order valence-corrected chi connectivity index (χ3v) is 7.97. The van der Waals surface area contributed by atoms with E-state index in [1.807, 2.05) is 0 Å². The number of rotatable bonds is 6. The van der Waals surface area contributed by atoms with E-state index in [9.17, 15) is 18.0 Å². The Bertz CT molecular complexity index is 877. The molecule has 0 bridgehead atoms. The summed E-state index contributed by atoms with van der Waals surface area (Å²) in [7, 11) is -3.11. The molecular formula is C20H28N4O5S. The highest BCUT2D eigenvalue weighted by Gasteiger charge is 2.39. The first-order valence-corrected chi connectivity index (χ1v) is 12.5. The summed E-state index contributed by atoms with van der Waals surface area (Å²) in [5.74, 6) is -0.206. The van der Waals surface area contributed by atoms with Gasteiger partial charge in [-0.1, -0.05) is 12.8 Å². The van der Waals surface area contributed by atoms with Crippen molar-refractivity contribution in [3.05, 3.63) is 17.8 Å². The van der Waals surface area contributed by atoms with Gasteiger partial charge < -0.3 is 14.5 Å². The van der Waals surface area contributed by atoms with Crippen LogP contribution < -0.4 is 4.90 Å². The molecule has 0 N–H and O–H groups in total. The summed E-state index contributed by atoms with van der Waals surface area (Å²) >= 11 is 0. The minimum Gasteiger partial charge on any atom is -0.451 e. The molecule has 0 radical (unpaired) electrons. The summed E-state index contributed by atoms with van der Waals surface area (Å²) in [5, 5.41) is 8.05. The fourth-order valence-corrected chi connectivity index (χ4v) is 6.42. The number of sulfone groups is 1. The number of esters is 1. The Morgan fingerprint density at radius 2 is 1.77 bits per heavy atom. The van der Waals surface area contributed by atoms with Crippen LogP contribution in [0, 0.1) is 0 Å². The van der Waals surface area contributed by atoms with Crippen LogP contribution in [0.4, 0.5) is 5.82 Å². The van der Waals surface area contributed by atoms with Crippen LogP contribution in [0.15, 0.2) is 12.1 Å². The van der Waals surface area contributed by atoms with Crippen LogP contribution in [0.3, 0.4) is 0 Å². The Balaban J connectivity index is 1.37. The molecule has 1 aromatic heterocycles. The summed E-state index contributed by atoms with van der Waals surface area (Å²) in [5.41, 5.74) is 0.0570. The number of carbonyl (C=O) groups is 2. The van der Waals surface area contributed by atoms with E-state index >= 15 is 0 Å². The van der Waals surface area contributed by atoms with Crippen LogP contribution in [0.5, 0.6) is 0 Å². The first-order chi connectivity index (χ1) is 14.4. The van der Waals surface area contributed by atoms with Gasteiger partial charge in [-0.2, -0.15) is 0 Å². The number of carbonyl (C=O) groups excluding carboxylic acids is 2. The molecule has 164 valence electrons. The maximum Gasteiger partial charge on any atom is 0.359 e. The number of ether oxygens (including phenoxy) is 1. The first kappa shape index (κ1) is 21.0. The van der Waals surface area contributed by atoms with Crippen molar-refractivity contribution < 1.29 is 22.7 Å². The van der Waals surface area contributed by atoms with E-state index in [1.54, 1.807) is 17.0 Å². The molecule has 1 saturated carbocycles. The monoisotopic (exact) mass is 436 g/mol. The minimum atomic E-state index is -3.11. The summed E-state index contributed by atoms with van der Waals surface area (Å²) < 4.78 is 29.0. The van der Waals surface area contributed by atoms with Crippen LogP contribution in [-0.4, -0.2) is 78.7 Å². The zero-order valence-corrected chi connectivity index (χ0v) is 17.8. The van der Waals surface area contributed by atoms with E-state index in [2.05, 4.69) is 15.1 Å². The second-order valence-electron chi connectivity index (χ2n) is 8.34. The largest absolute Gasteiger partial charge is 0.451 e. The zero-order chi connectivity index (χ0) is 21.1. The van der Waals surface area contributed by atoms with E-state index < -0.39 is 22.4 Å². The molecule has 2 saturated heterocycles. The van der Waals surface area contributed by atoms with E-state index in [1.165, 1.54) is 0 Å². The lowest BCUT2D eigenvalue weighted by atomic mass is 10.1. The van der Waals surface area contributed by atoms with Gasteiger partial charge in [0, 0.05) is 25.2 Å². The maximum absolute atomic E-state index is 12.9. The van der Waals surface area contributed by atoms with E-state index in [0.29, 0.717) is 6.42 Å². The highest BCUT2D eigenvalue weighted by atomic mass is 32.2. The van der Waals surface area contributed by atoms with Crippen molar-refractivity contribution in [2.75, 3.05) is 36.1 Å². The van der Waals surface area contributed by atoms with Crippen molar-refractivity contribution in [3.63, 3.8) is 0 Å². The van der Waals surface area contributed by atoms with Crippen LogP contribution in [0.1, 0.15) is 55.4 Å². The number of nitrogens with zero attached hydrogens (tertiary/aromatic N) is 4. The third kappa shape index (κ3) is 4.74. The maximum atomic E-state index is 12.9. The van der Waals surface area contributed by atoms with Gasteiger partial charge in [0.15, 0.2) is 28.0 Å². The Morgan fingerprint density at radius 1 is 1.03 bits per heavy atom. The molecule has 3 fully saturated rings. The normalized spacial score (nSPS) is 23.6. The highest BCUT2D eigenvalue weighted by Crippen LogP contribution is 2.29. The molecular weight excluding hydrogens is 408 g/mol. The Kier molecular flexibility index (Phi) is 6.21. The Hall–Kier alpha value is -2.23. The molecule has 0 aromatic carbocycles. The van der Waals surface area contributed by atoms with Crippen molar-refractivity contribution in [2.45, 2.75) is 57.0 Å². The standard InChI is InChI=1S/C20H28N4O5S/c25-19(24(15-5-1-2-6-15)16-9-12-30(27,28)14-16)13-29-20(26)17-7-8-18(22-21-17)23-10-3-4-11-23/h7-8,15-16H,1-6,9-14H2. The molecule has 9 nitrogen and oxygen atoms in total. The summed E-state index contributed by atoms with van der Waals surface area (Å²) in [6.07, 6.45) is 6.45. The lowest BCUT2D eigenvalue weighted by Gasteiger charge is -2.33. The molecule has 2 aliphatic heterocycles. The molecule has 1 unspecified atom stereocenters. The fraction of sp³-hybridized carbons (Fsp3) is 0.700. The van der Waals surface area contributed by atoms with Crippen LogP contribution in [-0.2, 0) is 19.4 Å². The van der Waals surface area contributed by atoms with Crippen molar-refractivity contribution in [1.29, 1.82) is 0 Å². The summed E-state index contributed by atoms with van der Waals surface area (Å²) in [6, 6.07) is 2.99. The predicted octanol–water partition coefficient (Wildman–Crippen LogP) is 1.19. The first-order valence-electron chi connectivity index (χ1n) is 10.7. The number of hydrogen-bond donors (Lipinski definition) is 0. The second-order valence-corrected chi connectivity index (χ2v) is 10.6. The van der Waals surface area contributed by atoms with E-state index in [4.69, 9.17) is 4.74 Å². The van der Waals surface area contributed by atoms with Gasteiger partial charge in [0.2, 0.25) is 0 Å². The van der Waals surface area contributed by atoms with Gasteiger partial charge in [-0.3, -0.25) is 4.79 Å². The molecule has 1 aliphatic carbocycles. The van der Waals surface area contributed by atoms with Gasteiger partial charge in [0.1, 0.15) is 0 Å². The number of amides is 1. The lowest BCUT2D eigenvalue weighted by Crippen LogP contribution is -2.48. The summed E-state index contributed by atoms with van der Waals surface area (Å²) in [6.45, 7) is 1.45. The number of aromatic nitrogens is 2. The van der Waals surface area contributed by atoms with Gasteiger partial charge in [-0.15, -0.1) is 10.2 Å².